The van der Waals surface area contributed by atoms with Crippen LogP contribution in [0.15, 0.2) is 12.7 Å². The molecule has 1 heterocycles. The lowest BCUT2D eigenvalue weighted by Crippen LogP contribution is -2.44. The van der Waals surface area contributed by atoms with Gasteiger partial charge in [-0.05, 0) is 18.8 Å². The molecule has 0 unspecified atom stereocenters. The fraction of sp³-hybridized carbons (Fsp3) is 0.800. The molecule has 92 valence electrons. The van der Waals surface area contributed by atoms with Crippen molar-refractivity contribution in [1.29, 1.82) is 0 Å². The van der Waals surface area contributed by atoms with Gasteiger partial charge >= 0.3 is 0 Å². The predicted molar refractivity (Wildman–Crippen MR) is 61.1 cm³/mol. The highest BCUT2D eigenvalue weighted by Gasteiger charge is 2.49. The maximum Gasteiger partial charge on any atom is 0.218 e. The maximum absolute atomic E-state index is 12.0. The summed E-state index contributed by atoms with van der Waals surface area (Å²) in [4.78, 5) is 5.33. The van der Waals surface area contributed by atoms with Gasteiger partial charge < -0.3 is 0 Å². The second-order valence-electron chi connectivity index (χ2n) is 4.39. The molecule has 16 heavy (non-hydrogen) atoms. The first-order valence-electron chi connectivity index (χ1n) is 5.51. The highest BCUT2D eigenvalue weighted by molar-refractivity contribution is 7.90. The number of rotatable bonds is 5. The Balaban J connectivity index is 2.10. The van der Waals surface area contributed by atoms with Crippen LogP contribution in [0.1, 0.15) is 12.8 Å². The molecule has 2 atom stereocenters. The molecule has 1 aliphatic heterocycles. The van der Waals surface area contributed by atoms with Crippen molar-refractivity contribution in [3.63, 3.8) is 0 Å². The molecular formula is C10H18N2O3S. The second-order valence-corrected chi connectivity index (χ2v) is 6.37. The normalized spacial score (nSPS) is 31.8. The maximum atomic E-state index is 12.0. The van der Waals surface area contributed by atoms with Gasteiger partial charge in [-0.25, -0.2) is 13.1 Å². The lowest BCUT2D eigenvalue weighted by atomic mass is 10.1. The summed E-state index contributed by atoms with van der Waals surface area (Å²) in [6, 6.07) is 0.00214. The Bertz CT molecular complexity index is 364. The predicted octanol–water partition coefficient (Wildman–Crippen LogP) is 0.116. The van der Waals surface area contributed by atoms with Crippen molar-refractivity contribution in [3.8, 4) is 0 Å². The molecule has 1 N–H and O–H groups in total. The quantitative estimate of drug-likeness (QED) is 0.700. The number of nitrogens with one attached hydrogen (secondary N) is 1. The minimum Gasteiger partial charge on any atom is -0.297 e. The summed E-state index contributed by atoms with van der Waals surface area (Å²) in [6.07, 6.45) is 3.75. The number of sulfonamides is 1. The van der Waals surface area contributed by atoms with Crippen molar-refractivity contribution in [3.05, 3.63) is 12.7 Å². The number of hydrogen-bond donors (Lipinski definition) is 1. The van der Waals surface area contributed by atoms with E-state index in [-0.39, 0.29) is 19.2 Å². The molecule has 6 heteroatoms. The van der Waals surface area contributed by atoms with Crippen LogP contribution in [0.4, 0.5) is 0 Å². The summed E-state index contributed by atoms with van der Waals surface area (Å²) in [5, 5.41) is 1.25. The fourth-order valence-electron chi connectivity index (χ4n) is 2.20. The Labute approximate surface area is 96.5 Å². The highest BCUT2D eigenvalue weighted by Crippen LogP contribution is 2.40. The summed E-state index contributed by atoms with van der Waals surface area (Å²) >= 11 is 0. The third kappa shape index (κ3) is 2.29. The number of nitrogens with zero attached hydrogens (tertiary/aromatic N) is 1. The van der Waals surface area contributed by atoms with Gasteiger partial charge in [0.05, 0.1) is 12.6 Å². The SMILES string of the molecule is C=CCNS(=O)(=O)[C@@H]1CON(C)[C@H]1C1CC1. The molecule has 2 fully saturated rings. The lowest BCUT2D eigenvalue weighted by Gasteiger charge is -2.21. The van der Waals surface area contributed by atoms with Crippen LogP contribution in [0.3, 0.4) is 0 Å². The highest BCUT2D eigenvalue weighted by atomic mass is 32.2. The van der Waals surface area contributed by atoms with E-state index in [4.69, 9.17) is 4.84 Å². The van der Waals surface area contributed by atoms with Crippen LogP contribution >= 0.6 is 0 Å². The van der Waals surface area contributed by atoms with E-state index in [1.807, 2.05) is 7.05 Å². The van der Waals surface area contributed by atoms with E-state index < -0.39 is 15.3 Å². The molecule has 0 aromatic heterocycles. The van der Waals surface area contributed by atoms with Crippen molar-refractivity contribution in [2.24, 2.45) is 5.92 Å². The third-order valence-corrected chi connectivity index (χ3v) is 4.96. The van der Waals surface area contributed by atoms with Gasteiger partial charge in [0.2, 0.25) is 10.0 Å². The first kappa shape index (κ1) is 12.0. The van der Waals surface area contributed by atoms with Crippen LogP contribution < -0.4 is 4.72 Å². The summed E-state index contributed by atoms with van der Waals surface area (Å²) in [5.41, 5.74) is 0. The molecule has 0 aromatic rings. The standard InChI is InChI=1S/C10H18N2O3S/c1-3-6-11-16(13,14)9-7-15-12(2)10(9)8-4-5-8/h3,8-11H,1,4-7H2,2H3/t9-,10+/m1/s1. The number of hydroxylamine groups is 2. The van der Waals surface area contributed by atoms with Gasteiger partial charge in [-0.15, -0.1) is 6.58 Å². The zero-order valence-electron chi connectivity index (χ0n) is 9.43. The minimum absolute atomic E-state index is 0.00214. The van der Waals surface area contributed by atoms with E-state index in [1.165, 1.54) is 0 Å². The molecule has 5 nitrogen and oxygen atoms in total. The second kappa shape index (κ2) is 4.44. The number of hydrogen-bond acceptors (Lipinski definition) is 4. The van der Waals surface area contributed by atoms with E-state index in [9.17, 15) is 8.42 Å². The zero-order chi connectivity index (χ0) is 11.8. The molecular weight excluding hydrogens is 228 g/mol. The largest absolute Gasteiger partial charge is 0.297 e. The molecule has 1 aliphatic carbocycles. The summed E-state index contributed by atoms with van der Waals surface area (Å²) in [6.45, 7) is 4.04. The van der Waals surface area contributed by atoms with Gasteiger partial charge in [0.1, 0.15) is 5.25 Å². The van der Waals surface area contributed by atoms with Gasteiger partial charge in [0.25, 0.3) is 0 Å². The molecule has 0 bridgehead atoms. The van der Waals surface area contributed by atoms with E-state index in [0.29, 0.717) is 5.92 Å². The van der Waals surface area contributed by atoms with E-state index in [2.05, 4.69) is 11.3 Å². The van der Waals surface area contributed by atoms with Gasteiger partial charge in [0.15, 0.2) is 0 Å². The van der Waals surface area contributed by atoms with Crippen molar-refractivity contribution in [2.75, 3.05) is 20.2 Å². The molecule has 0 amide bonds. The Morgan fingerprint density at radius 1 is 1.56 bits per heavy atom. The molecule has 1 saturated carbocycles. The lowest BCUT2D eigenvalue weighted by molar-refractivity contribution is -0.113. The molecule has 0 spiro atoms. The van der Waals surface area contributed by atoms with Crippen LogP contribution in [0.2, 0.25) is 0 Å². The minimum atomic E-state index is -3.30. The van der Waals surface area contributed by atoms with Crippen molar-refractivity contribution < 1.29 is 13.3 Å². The van der Waals surface area contributed by atoms with E-state index in [0.717, 1.165) is 12.8 Å². The van der Waals surface area contributed by atoms with Crippen LogP contribution in [0, 0.1) is 5.92 Å². The van der Waals surface area contributed by atoms with Crippen LogP contribution in [0.5, 0.6) is 0 Å². The molecule has 2 aliphatic rings. The van der Waals surface area contributed by atoms with E-state index >= 15 is 0 Å². The van der Waals surface area contributed by atoms with Crippen LogP contribution in [0.25, 0.3) is 0 Å². The average molecular weight is 246 g/mol. The van der Waals surface area contributed by atoms with Crippen molar-refractivity contribution in [2.45, 2.75) is 24.1 Å². The van der Waals surface area contributed by atoms with E-state index in [1.54, 1.807) is 11.1 Å². The Morgan fingerprint density at radius 2 is 2.25 bits per heavy atom. The average Bonchev–Trinajstić information content (AvgIpc) is 2.99. The Morgan fingerprint density at radius 3 is 2.81 bits per heavy atom. The molecule has 2 rings (SSSR count). The molecule has 0 radical (unpaired) electrons. The summed E-state index contributed by atoms with van der Waals surface area (Å²) < 4.78 is 26.6. The van der Waals surface area contributed by atoms with Crippen molar-refractivity contribution >= 4 is 10.0 Å². The first-order chi connectivity index (χ1) is 7.56. The fourth-order valence-corrected chi connectivity index (χ4v) is 3.77. The van der Waals surface area contributed by atoms with Gasteiger partial charge in [-0.3, -0.25) is 4.84 Å². The van der Waals surface area contributed by atoms with Gasteiger partial charge in [-0.2, -0.15) is 5.06 Å². The molecule has 1 saturated heterocycles. The Kier molecular flexibility index (Phi) is 3.34. The monoisotopic (exact) mass is 246 g/mol. The summed E-state index contributed by atoms with van der Waals surface area (Å²) in [5.74, 6) is 0.470. The van der Waals surface area contributed by atoms with Gasteiger partial charge in [0, 0.05) is 13.6 Å². The topological polar surface area (TPSA) is 58.6 Å². The summed E-state index contributed by atoms with van der Waals surface area (Å²) in [7, 11) is -1.49. The van der Waals surface area contributed by atoms with Gasteiger partial charge in [-0.1, -0.05) is 6.08 Å². The van der Waals surface area contributed by atoms with Crippen molar-refractivity contribution in [1.82, 2.24) is 9.79 Å². The third-order valence-electron chi connectivity index (χ3n) is 3.18. The van der Waals surface area contributed by atoms with Crippen LogP contribution in [-0.4, -0.2) is 45.0 Å². The molecule has 0 aromatic carbocycles. The Hall–Kier alpha value is -0.430. The van der Waals surface area contributed by atoms with Crippen LogP contribution in [-0.2, 0) is 14.9 Å². The first-order valence-corrected chi connectivity index (χ1v) is 7.06. The smallest absolute Gasteiger partial charge is 0.218 e. The zero-order valence-corrected chi connectivity index (χ0v) is 10.2.